The summed E-state index contributed by atoms with van der Waals surface area (Å²) in [6, 6.07) is 1.49. The summed E-state index contributed by atoms with van der Waals surface area (Å²) in [6.07, 6.45) is 9.03. The Hall–Kier alpha value is -0.770. The molecule has 4 nitrogen and oxygen atoms in total. The Balaban J connectivity index is 1.73. The lowest BCUT2D eigenvalue weighted by molar-refractivity contribution is 0.147. The third kappa shape index (κ3) is 4.11. The van der Waals surface area contributed by atoms with E-state index >= 15 is 0 Å². The number of nitrogens with zero attached hydrogens (tertiary/aromatic N) is 2. The van der Waals surface area contributed by atoms with Crippen molar-refractivity contribution >= 4 is 6.03 Å². The minimum atomic E-state index is 0.159. The van der Waals surface area contributed by atoms with Crippen molar-refractivity contribution in [2.24, 2.45) is 5.92 Å². The van der Waals surface area contributed by atoms with Gasteiger partial charge in [0.15, 0.2) is 0 Å². The number of piperidine rings is 1. The molecule has 20 heavy (non-hydrogen) atoms. The van der Waals surface area contributed by atoms with Crippen molar-refractivity contribution in [1.82, 2.24) is 15.1 Å². The number of urea groups is 1. The molecule has 1 heterocycles. The molecule has 2 fully saturated rings. The average Bonchev–Trinajstić information content (AvgIpc) is 2.47. The Morgan fingerprint density at radius 2 is 1.85 bits per heavy atom. The lowest BCUT2D eigenvalue weighted by atomic mass is 9.83. The maximum Gasteiger partial charge on any atom is 0.319 e. The molecule has 1 aliphatic carbocycles. The molecule has 116 valence electrons. The number of amides is 2. The summed E-state index contributed by atoms with van der Waals surface area (Å²) in [5.41, 5.74) is 0. The first-order valence-corrected chi connectivity index (χ1v) is 8.32. The van der Waals surface area contributed by atoms with E-state index in [1.807, 2.05) is 19.0 Å². The first-order chi connectivity index (χ1) is 9.60. The van der Waals surface area contributed by atoms with Crippen molar-refractivity contribution in [3.63, 3.8) is 0 Å². The molecule has 2 rings (SSSR count). The Bertz CT molecular complexity index is 311. The molecule has 2 aliphatic rings. The molecule has 4 heteroatoms. The predicted molar refractivity (Wildman–Crippen MR) is 82.9 cm³/mol. The predicted octanol–water partition coefficient (Wildman–Crippen LogP) is 2.69. The second-order valence-electron chi connectivity index (χ2n) is 6.74. The molecule has 0 aromatic heterocycles. The van der Waals surface area contributed by atoms with Crippen LogP contribution in [0.1, 0.15) is 51.9 Å². The van der Waals surface area contributed by atoms with Gasteiger partial charge in [0.25, 0.3) is 0 Å². The maximum absolute atomic E-state index is 11.9. The van der Waals surface area contributed by atoms with Crippen molar-refractivity contribution in [2.75, 3.05) is 27.2 Å². The molecule has 0 radical (unpaired) electrons. The molecular formula is C16H31N3O. The monoisotopic (exact) mass is 281 g/mol. The smallest absolute Gasteiger partial charge is 0.319 e. The van der Waals surface area contributed by atoms with Crippen molar-refractivity contribution < 1.29 is 4.79 Å². The van der Waals surface area contributed by atoms with Crippen LogP contribution in [0, 0.1) is 5.92 Å². The highest BCUT2D eigenvalue weighted by molar-refractivity contribution is 5.73. The van der Waals surface area contributed by atoms with E-state index in [1.54, 1.807) is 4.90 Å². The van der Waals surface area contributed by atoms with Gasteiger partial charge in [-0.3, -0.25) is 0 Å². The van der Waals surface area contributed by atoms with Crippen LogP contribution < -0.4 is 5.32 Å². The van der Waals surface area contributed by atoms with Gasteiger partial charge < -0.3 is 15.1 Å². The van der Waals surface area contributed by atoms with Gasteiger partial charge in [-0.25, -0.2) is 4.79 Å². The fourth-order valence-corrected chi connectivity index (χ4v) is 3.67. The maximum atomic E-state index is 11.9. The van der Waals surface area contributed by atoms with E-state index in [2.05, 4.69) is 12.2 Å². The molecule has 1 N–H and O–H groups in total. The van der Waals surface area contributed by atoms with Gasteiger partial charge in [-0.05, 0) is 31.6 Å². The third-order valence-electron chi connectivity index (χ3n) is 4.98. The SMILES string of the molecule is CCC1CCCC(NC2CCN(C(=O)N(C)C)CC2)C1. The van der Waals surface area contributed by atoms with Crippen molar-refractivity contribution in [3.05, 3.63) is 0 Å². The Morgan fingerprint density at radius 1 is 1.15 bits per heavy atom. The molecule has 1 saturated heterocycles. The van der Waals surface area contributed by atoms with E-state index in [4.69, 9.17) is 0 Å². The molecular weight excluding hydrogens is 250 g/mol. The number of carbonyl (C=O) groups is 1. The molecule has 2 unspecified atom stereocenters. The van der Waals surface area contributed by atoms with Gasteiger partial charge in [0.1, 0.15) is 0 Å². The fraction of sp³-hybridized carbons (Fsp3) is 0.938. The van der Waals surface area contributed by atoms with E-state index in [1.165, 1.54) is 32.1 Å². The molecule has 2 atom stereocenters. The third-order valence-corrected chi connectivity index (χ3v) is 4.98. The molecule has 1 saturated carbocycles. The first-order valence-electron chi connectivity index (χ1n) is 8.32. The van der Waals surface area contributed by atoms with Gasteiger partial charge >= 0.3 is 6.03 Å². The molecule has 0 bridgehead atoms. The standard InChI is InChI=1S/C16H31N3O/c1-4-13-6-5-7-15(12-13)17-14-8-10-19(11-9-14)16(20)18(2)3/h13-15,17H,4-12H2,1-3H3. The number of rotatable bonds is 3. The van der Waals surface area contributed by atoms with Gasteiger partial charge in [0.05, 0.1) is 0 Å². The highest BCUT2D eigenvalue weighted by Crippen LogP contribution is 2.27. The van der Waals surface area contributed by atoms with E-state index in [0.29, 0.717) is 6.04 Å². The van der Waals surface area contributed by atoms with Gasteiger partial charge in [0, 0.05) is 39.3 Å². The van der Waals surface area contributed by atoms with Crippen LogP contribution in [0.3, 0.4) is 0 Å². The van der Waals surface area contributed by atoms with Crippen LogP contribution in [0.4, 0.5) is 4.79 Å². The zero-order valence-electron chi connectivity index (χ0n) is 13.4. The number of likely N-dealkylation sites (tertiary alicyclic amines) is 1. The lowest BCUT2D eigenvalue weighted by Gasteiger charge is -2.37. The average molecular weight is 281 g/mol. The van der Waals surface area contributed by atoms with Gasteiger partial charge in [-0.2, -0.15) is 0 Å². The van der Waals surface area contributed by atoms with E-state index < -0.39 is 0 Å². The lowest BCUT2D eigenvalue weighted by Crippen LogP contribution is -2.50. The second-order valence-corrected chi connectivity index (χ2v) is 6.74. The zero-order chi connectivity index (χ0) is 14.5. The number of carbonyl (C=O) groups excluding carboxylic acids is 1. The summed E-state index contributed by atoms with van der Waals surface area (Å²) in [5.74, 6) is 0.927. The molecule has 0 spiro atoms. The van der Waals surface area contributed by atoms with E-state index in [-0.39, 0.29) is 6.03 Å². The van der Waals surface area contributed by atoms with Crippen LogP contribution in [0.5, 0.6) is 0 Å². The van der Waals surface area contributed by atoms with Crippen molar-refractivity contribution in [3.8, 4) is 0 Å². The van der Waals surface area contributed by atoms with Crippen LogP contribution in [0.2, 0.25) is 0 Å². The fourth-order valence-electron chi connectivity index (χ4n) is 3.67. The van der Waals surface area contributed by atoms with Crippen LogP contribution in [-0.4, -0.2) is 55.1 Å². The van der Waals surface area contributed by atoms with Crippen LogP contribution in [0.15, 0.2) is 0 Å². The van der Waals surface area contributed by atoms with Crippen LogP contribution >= 0.6 is 0 Å². The van der Waals surface area contributed by atoms with Crippen LogP contribution in [0.25, 0.3) is 0 Å². The van der Waals surface area contributed by atoms with Crippen LogP contribution in [-0.2, 0) is 0 Å². The number of nitrogens with one attached hydrogen (secondary N) is 1. The summed E-state index contributed by atoms with van der Waals surface area (Å²) in [5, 5.41) is 3.86. The summed E-state index contributed by atoms with van der Waals surface area (Å²) in [7, 11) is 3.67. The summed E-state index contributed by atoms with van der Waals surface area (Å²) in [4.78, 5) is 15.6. The minimum absolute atomic E-state index is 0.159. The quantitative estimate of drug-likeness (QED) is 0.863. The highest BCUT2D eigenvalue weighted by atomic mass is 16.2. The number of hydrogen-bond donors (Lipinski definition) is 1. The first kappa shape index (κ1) is 15.6. The molecule has 2 amide bonds. The largest absolute Gasteiger partial charge is 0.331 e. The summed E-state index contributed by atoms with van der Waals surface area (Å²) in [6.45, 7) is 4.12. The Kier molecular flexibility index (Phi) is 5.70. The molecule has 0 aromatic rings. The molecule has 1 aliphatic heterocycles. The van der Waals surface area contributed by atoms with Gasteiger partial charge in [-0.15, -0.1) is 0 Å². The summed E-state index contributed by atoms with van der Waals surface area (Å²) < 4.78 is 0. The van der Waals surface area contributed by atoms with E-state index in [0.717, 1.165) is 37.9 Å². The van der Waals surface area contributed by atoms with Crippen molar-refractivity contribution in [1.29, 1.82) is 0 Å². The highest BCUT2D eigenvalue weighted by Gasteiger charge is 2.27. The molecule has 0 aromatic carbocycles. The Morgan fingerprint density at radius 3 is 2.45 bits per heavy atom. The van der Waals surface area contributed by atoms with Crippen molar-refractivity contribution in [2.45, 2.75) is 64.0 Å². The van der Waals surface area contributed by atoms with Gasteiger partial charge in [0.2, 0.25) is 0 Å². The summed E-state index contributed by atoms with van der Waals surface area (Å²) >= 11 is 0. The Labute approximate surface area is 123 Å². The normalized spacial score (nSPS) is 28.4. The zero-order valence-corrected chi connectivity index (χ0v) is 13.4. The number of hydrogen-bond acceptors (Lipinski definition) is 2. The van der Waals surface area contributed by atoms with Gasteiger partial charge in [-0.1, -0.05) is 26.2 Å². The topological polar surface area (TPSA) is 35.6 Å². The van der Waals surface area contributed by atoms with E-state index in [9.17, 15) is 4.79 Å². The minimum Gasteiger partial charge on any atom is -0.331 e. The second kappa shape index (κ2) is 7.30.